The van der Waals surface area contributed by atoms with Gasteiger partial charge in [-0.05, 0) is 47.0 Å². The van der Waals surface area contributed by atoms with Gasteiger partial charge in [-0.25, -0.2) is 0 Å². The van der Waals surface area contributed by atoms with E-state index in [2.05, 4.69) is 68.8 Å². The number of nitrogens with zero attached hydrogens (tertiary/aromatic N) is 1. The SMILES string of the molecule is CCCN(CC)c1ccc(CBr)cc1Br. The highest BCUT2D eigenvalue weighted by Crippen LogP contribution is 2.28. The van der Waals surface area contributed by atoms with Crippen LogP contribution in [0.3, 0.4) is 0 Å². The molecule has 0 heterocycles. The van der Waals surface area contributed by atoms with E-state index < -0.39 is 0 Å². The minimum Gasteiger partial charge on any atom is -0.371 e. The summed E-state index contributed by atoms with van der Waals surface area (Å²) in [5.74, 6) is 0. The van der Waals surface area contributed by atoms with Crippen LogP contribution in [0.25, 0.3) is 0 Å². The van der Waals surface area contributed by atoms with Crippen LogP contribution in [0.1, 0.15) is 25.8 Å². The molecule has 0 aromatic heterocycles. The van der Waals surface area contributed by atoms with Crippen molar-refractivity contribution < 1.29 is 0 Å². The third-order valence-corrected chi connectivity index (χ3v) is 3.66. The molecule has 0 saturated carbocycles. The van der Waals surface area contributed by atoms with Crippen molar-refractivity contribution in [3.8, 4) is 0 Å². The molecule has 15 heavy (non-hydrogen) atoms. The molecule has 0 N–H and O–H groups in total. The van der Waals surface area contributed by atoms with Gasteiger partial charge in [-0.1, -0.05) is 28.9 Å². The molecule has 1 aromatic carbocycles. The molecule has 0 amide bonds. The first kappa shape index (κ1) is 13.0. The number of anilines is 1. The predicted molar refractivity (Wildman–Crippen MR) is 75.0 cm³/mol. The van der Waals surface area contributed by atoms with E-state index >= 15 is 0 Å². The summed E-state index contributed by atoms with van der Waals surface area (Å²) in [5, 5.41) is 0.909. The largest absolute Gasteiger partial charge is 0.371 e. The van der Waals surface area contributed by atoms with Gasteiger partial charge in [-0.2, -0.15) is 0 Å². The molecule has 0 radical (unpaired) electrons. The summed E-state index contributed by atoms with van der Waals surface area (Å²) in [7, 11) is 0. The highest BCUT2D eigenvalue weighted by Gasteiger charge is 2.07. The lowest BCUT2D eigenvalue weighted by atomic mass is 10.2. The van der Waals surface area contributed by atoms with Gasteiger partial charge in [0.1, 0.15) is 0 Å². The Morgan fingerprint density at radius 2 is 2.00 bits per heavy atom. The number of benzene rings is 1. The summed E-state index contributed by atoms with van der Waals surface area (Å²) in [5.41, 5.74) is 2.60. The second-order valence-electron chi connectivity index (χ2n) is 3.50. The normalized spacial score (nSPS) is 10.4. The van der Waals surface area contributed by atoms with Crippen LogP contribution >= 0.6 is 31.9 Å². The van der Waals surface area contributed by atoms with E-state index in [0.29, 0.717) is 0 Å². The molecule has 1 aromatic rings. The van der Waals surface area contributed by atoms with E-state index in [4.69, 9.17) is 0 Å². The number of rotatable bonds is 5. The maximum atomic E-state index is 3.64. The van der Waals surface area contributed by atoms with Crippen LogP contribution in [0.2, 0.25) is 0 Å². The molecule has 1 nitrogen and oxygen atoms in total. The molecule has 0 atom stereocenters. The number of hydrogen-bond donors (Lipinski definition) is 0. The van der Waals surface area contributed by atoms with Crippen LogP contribution in [0.15, 0.2) is 22.7 Å². The molecule has 84 valence electrons. The van der Waals surface area contributed by atoms with Gasteiger partial charge >= 0.3 is 0 Å². The Balaban J connectivity index is 2.92. The number of hydrogen-bond acceptors (Lipinski definition) is 1. The first-order valence-corrected chi connectivity index (χ1v) is 7.23. The molecule has 0 saturated heterocycles. The molecule has 0 fully saturated rings. The van der Waals surface area contributed by atoms with Crippen LogP contribution in [0, 0.1) is 0 Å². The summed E-state index contributed by atoms with van der Waals surface area (Å²) in [4.78, 5) is 2.39. The van der Waals surface area contributed by atoms with Crippen molar-refractivity contribution in [2.45, 2.75) is 25.6 Å². The van der Waals surface area contributed by atoms with Crippen LogP contribution in [-0.2, 0) is 5.33 Å². The van der Waals surface area contributed by atoms with Gasteiger partial charge in [0, 0.05) is 22.9 Å². The van der Waals surface area contributed by atoms with Crippen LogP contribution in [-0.4, -0.2) is 13.1 Å². The summed E-state index contributed by atoms with van der Waals surface area (Å²) >= 11 is 7.10. The van der Waals surface area contributed by atoms with Crippen molar-refractivity contribution in [3.63, 3.8) is 0 Å². The minimum absolute atomic E-state index is 0.909. The van der Waals surface area contributed by atoms with Gasteiger partial charge in [0.15, 0.2) is 0 Å². The van der Waals surface area contributed by atoms with Crippen LogP contribution < -0.4 is 4.90 Å². The highest BCUT2D eigenvalue weighted by atomic mass is 79.9. The molecular weight excluding hydrogens is 318 g/mol. The average Bonchev–Trinajstić information content (AvgIpc) is 2.26. The maximum Gasteiger partial charge on any atom is 0.0510 e. The fraction of sp³-hybridized carbons (Fsp3) is 0.500. The third-order valence-electron chi connectivity index (χ3n) is 2.38. The van der Waals surface area contributed by atoms with Gasteiger partial charge in [0.25, 0.3) is 0 Å². The molecule has 1 rings (SSSR count). The lowest BCUT2D eigenvalue weighted by Gasteiger charge is -2.24. The molecule has 0 aliphatic carbocycles. The Morgan fingerprint density at radius 3 is 2.47 bits per heavy atom. The zero-order valence-electron chi connectivity index (χ0n) is 9.26. The number of halogens is 2. The van der Waals surface area contributed by atoms with Gasteiger partial charge < -0.3 is 4.90 Å². The molecular formula is C12H17Br2N. The van der Waals surface area contributed by atoms with E-state index in [1.165, 1.54) is 22.1 Å². The lowest BCUT2D eigenvalue weighted by Crippen LogP contribution is -2.23. The standard InChI is InChI=1S/C12H17Br2N/c1-3-7-15(4-2)12-6-5-10(9-13)8-11(12)14/h5-6,8H,3-4,7,9H2,1-2H3. The number of alkyl halides is 1. The summed E-state index contributed by atoms with van der Waals surface area (Å²) in [6, 6.07) is 6.55. The molecule has 0 spiro atoms. The second kappa shape index (κ2) is 6.54. The Morgan fingerprint density at radius 1 is 1.27 bits per heavy atom. The summed E-state index contributed by atoms with van der Waals surface area (Å²) in [6.45, 7) is 6.58. The van der Waals surface area contributed by atoms with Crippen molar-refractivity contribution in [1.29, 1.82) is 0 Å². The second-order valence-corrected chi connectivity index (χ2v) is 4.91. The van der Waals surface area contributed by atoms with Gasteiger partial charge in [-0.15, -0.1) is 0 Å². The monoisotopic (exact) mass is 333 g/mol. The van der Waals surface area contributed by atoms with Crippen molar-refractivity contribution in [2.24, 2.45) is 0 Å². The Bertz CT molecular complexity index is 312. The van der Waals surface area contributed by atoms with E-state index in [1.54, 1.807) is 0 Å². The highest BCUT2D eigenvalue weighted by molar-refractivity contribution is 9.10. The fourth-order valence-electron chi connectivity index (χ4n) is 1.61. The Kier molecular flexibility index (Phi) is 5.69. The molecule has 0 aliphatic heterocycles. The van der Waals surface area contributed by atoms with E-state index in [1.807, 2.05) is 0 Å². The van der Waals surface area contributed by atoms with Crippen molar-refractivity contribution in [3.05, 3.63) is 28.2 Å². The Labute approximate surface area is 109 Å². The topological polar surface area (TPSA) is 3.24 Å². The van der Waals surface area contributed by atoms with Crippen molar-refractivity contribution >= 4 is 37.5 Å². The third kappa shape index (κ3) is 3.49. The zero-order valence-corrected chi connectivity index (χ0v) is 12.4. The first-order valence-electron chi connectivity index (χ1n) is 5.32. The van der Waals surface area contributed by atoms with Crippen molar-refractivity contribution in [2.75, 3.05) is 18.0 Å². The minimum atomic E-state index is 0.909. The Hall–Kier alpha value is -0.0200. The van der Waals surface area contributed by atoms with E-state index in [9.17, 15) is 0 Å². The molecule has 0 unspecified atom stereocenters. The smallest absolute Gasteiger partial charge is 0.0510 e. The zero-order chi connectivity index (χ0) is 11.3. The quantitative estimate of drug-likeness (QED) is 0.712. The first-order chi connectivity index (χ1) is 7.22. The van der Waals surface area contributed by atoms with E-state index in [-0.39, 0.29) is 0 Å². The molecule has 0 bridgehead atoms. The molecule has 3 heteroatoms. The fourth-order valence-corrected chi connectivity index (χ4v) is 2.63. The van der Waals surface area contributed by atoms with Crippen LogP contribution in [0.5, 0.6) is 0 Å². The van der Waals surface area contributed by atoms with E-state index in [0.717, 1.165) is 18.4 Å². The summed E-state index contributed by atoms with van der Waals surface area (Å²) in [6.07, 6.45) is 1.18. The predicted octanol–water partition coefficient (Wildman–Crippen LogP) is 4.58. The summed E-state index contributed by atoms with van der Waals surface area (Å²) < 4.78 is 1.19. The lowest BCUT2D eigenvalue weighted by molar-refractivity contribution is 0.790. The van der Waals surface area contributed by atoms with Gasteiger partial charge in [0.05, 0.1) is 5.69 Å². The van der Waals surface area contributed by atoms with Crippen LogP contribution in [0.4, 0.5) is 5.69 Å². The van der Waals surface area contributed by atoms with Gasteiger partial charge in [-0.3, -0.25) is 0 Å². The average molecular weight is 335 g/mol. The maximum absolute atomic E-state index is 3.64. The van der Waals surface area contributed by atoms with Crippen molar-refractivity contribution in [1.82, 2.24) is 0 Å². The van der Waals surface area contributed by atoms with Gasteiger partial charge in [0.2, 0.25) is 0 Å². The molecule has 0 aliphatic rings.